The molecule has 1 aliphatic heterocycles. The number of methoxy groups -OCH3 is 1. The van der Waals surface area contributed by atoms with Crippen molar-refractivity contribution in [3.8, 4) is 0 Å². The first-order chi connectivity index (χ1) is 10.2. The van der Waals surface area contributed by atoms with Crippen LogP contribution in [0, 0.1) is 0 Å². The lowest BCUT2D eigenvalue weighted by molar-refractivity contribution is -0.116. The summed E-state index contributed by atoms with van der Waals surface area (Å²) in [6.07, 6.45) is 4.03. The first-order valence-corrected chi connectivity index (χ1v) is 7.58. The highest BCUT2D eigenvalue weighted by molar-refractivity contribution is 5.93. The second-order valence-corrected chi connectivity index (χ2v) is 5.54. The molecule has 1 aromatic carbocycles. The smallest absolute Gasteiger partial charge is 0.224 e. The summed E-state index contributed by atoms with van der Waals surface area (Å²) in [7, 11) is 1.77. The summed E-state index contributed by atoms with van der Waals surface area (Å²) in [5, 5.41) is 2.86. The monoisotopic (exact) mass is 291 g/mol. The fourth-order valence-corrected chi connectivity index (χ4v) is 2.70. The van der Waals surface area contributed by atoms with Crippen LogP contribution in [0.4, 0.5) is 11.4 Å². The summed E-state index contributed by atoms with van der Waals surface area (Å²) in [4.78, 5) is 14.3. The predicted molar refractivity (Wildman–Crippen MR) is 85.2 cm³/mol. The highest BCUT2D eigenvalue weighted by atomic mass is 16.5. The number of carbonyl (C=O) groups is 1. The maximum atomic E-state index is 11.9. The SMILES string of the molecule is COC1CCCN(CCCC(=O)Nc2ccccc2N)C1. The van der Waals surface area contributed by atoms with Crippen molar-refractivity contribution in [1.29, 1.82) is 0 Å². The van der Waals surface area contributed by atoms with Crippen molar-refractivity contribution in [3.05, 3.63) is 24.3 Å². The Morgan fingerprint density at radius 3 is 3.05 bits per heavy atom. The summed E-state index contributed by atoms with van der Waals surface area (Å²) in [6.45, 7) is 3.02. The molecule has 0 saturated carbocycles. The summed E-state index contributed by atoms with van der Waals surface area (Å²) >= 11 is 0. The molecule has 2 rings (SSSR count). The van der Waals surface area contributed by atoms with E-state index in [1.807, 2.05) is 18.2 Å². The number of hydrogen-bond donors (Lipinski definition) is 2. The zero-order valence-corrected chi connectivity index (χ0v) is 12.7. The molecule has 1 unspecified atom stereocenters. The van der Waals surface area contributed by atoms with Gasteiger partial charge in [-0.3, -0.25) is 4.79 Å². The number of nitrogens with two attached hydrogens (primary N) is 1. The Balaban J connectivity index is 1.69. The van der Waals surface area contributed by atoms with Gasteiger partial charge in [-0.1, -0.05) is 12.1 Å². The van der Waals surface area contributed by atoms with Crippen LogP contribution in [0.25, 0.3) is 0 Å². The van der Waals surface area contributed by atoms with Crippen LogP contribution >= 0.6 is 0 Å². The third-order valence-electron chi connectivity index (χ3n) is 3.91. The van der Waals surface area contributed by atoms with Gasteiger partial charge in [-0.05, 0) is 44.5 Å². The third kappa shape index (κ3) is 5.02. The van der Waals surface area contributed by atoms with E-state index < -0.39 is 0 Å². The molecular formula is C16H25N3O2. The van der Waals surface area contributed by atoms with Gasteiger partial charge in [0.05, 0.1) is 17.5 Å². The van der Waals surface area contributed by atoms with Crippen LogP contribution in [-0.4, -0.2) is 43.7 Å². The van der Waals surface area contributed by atoms with Gasteiger partial charge in [0.15, 0.2) is 0 Å². The molecule has 1 heterocycles. The fourth-order valence-electron chi connectivity index (χ4n) is 2.70. The summed E-state index contributed by atoms with van der Waals surface area (Å²) in [6, 6.07) is 7.33. The Labute approximate surface area is 126 Å². The van der Waals surface area contributed by atoms with Crippen LogP contribution in [0.15, 0.2) is 24.3 Å². The van der Waals surface area contributed by atoms with E-state index in [9.17, 15) is 4.79 Å². The van der Waals surface area contributed by atoms with Gasteiger partial charge in [-0.15, -0.1) is 0 Å². The van der Waals surface area contributed by atoms with Gasteiger partial charge in [0.25, 0.3) is 0 Å². The van der Waals surface area contributed by atoms with E-state index in [1.165, 1.54) is 6.42 Å². The van der Waals surface area contributed by atoms with Crippen molar-refractivity contribution < 1.29 is 9.53 Å². The molecule has 1 atom stereocenters. The second kappa shape index (κ2) is 8.00. The largest absolute Gasteiger partial charge is 0.397 e. The van der Waals surface area contributed by atoms with E-state index >= 15 is 0 Å². The van der Waals surface area contributed by atoms with Crippen LogP contribution in [0.5, 0.6) is 0 Å². The lowest BCUT2D eigenvalue weighted by Crippen LogP contribution is -2.39. The molecule has 116 valence electrons. The minimum atomic E-state index is 0.0215. The van der Waals surface area contributed by atoms with E-state index in [0.29, 0.717) is 23.9 Å². The molecule has 1 aliphatic rings. The molecule has 0 aliphatic carbocycles. The summed E-state index contributed by atoms with van der Waals surface area (Å²) in [5.74, 6) is 0.0215. The Morgan fingerprint density at radius 1 is 1.48 bits per heavy atom. The van der Waals surface area contributed by atoms with E-state index in [4.69, 9.17) is 10.5 Å². The highest BCUT2D eigenvalue weighted by Gasteiger charge is 2.18. The lowest BCUT2D eigenvalue weighted by atomic mass is 10.1. The van der Waals surface area contributed by atoms with Crippen LogP contribution < -0.4 is 11.1 Å². The molecule has 5 heteroatoms. The van der Waals surface area contributed by atoms with Crippen molar-refractivity contribution >= 4 is 17.3 Å². The van der Waals surface area contributed by atoms with Crippen molar-refractivity contribution in [2.75, 3.05) is 37.8 Å². The van der Waals surface area contributed by atoms with Crippen molar-refractivity contribution in [1.82, 2.24) is 4.90 Å². The molecule has 5 nitrogen and oxygen atoms in total. The molecule has 1 aromatic rings. The molecule has 0 radical (unpaired) electrons. The van der Waals surface area contributed by atoms with Gasteiger partial charge in [0.2, 0.25) is 5.91 Å². The first kappa shape index (κ1) is 15.8. The quantitative estimate of drug-likeness (QED) is 0.788. The van der Waals surface area contributed by atoms with Gasteiger partial charge in [-0.25, -0.2) is 0 Å². The molecular weight excluding hydrogens is 266 g/mol. The lowest BCUT2D eigenvalue weighted by Gasteiger charge is -2.31. The highest BCUT2D eigenvalue weighted by Crippen LogP contribution is 2.17. The Morgan fingerprint density at radius 2 is 2.29 bits per heavy atom. The standard InChI is InChI=1S/C16H25N3O2/c1-21-13-6-4-10-19(12-13)11-5-9-16(20)18-15-8-3-2-7-14(15)17/h2-3,7-8,13H,4-6,9-12,17H2,1H3,(H,18,20). The Hall–Kier alpha value is -1.59. The number of amides is 1. The molecule has 0 aromatic heterocycles. The van der Waals surface area contributed by atoms with Crippen LogP contribution in [0.3, 0.4) is 0 Å². The van der Waals surface area contributed by atoms with E-state index in [1.54, 1.807) is 13.2 Å². The van der Waals surface area contributed by atoms with Crippen molar-refractivity contribution in [2.45, 2.75) is 31.8 Å². The maximum absolute atomic E-state index is 11.9. The zero-order chi connectivity index (χ0) is 15.1. The number of anilines is 2. The van der Waals surface area contributed by atoms with E-state index in [2.05, 4.69) is 10.2 Å². The number of para-hydroxylation sites is 2. The van der Waals surface area contributed by atoms with Crippen molar-refractivity contribution in [2.24, 2.45) is 0 Å². The number of nitrogens with zero attached hydrogens (tertiary/aromatic N) is 1. The fraction of sp³-hybridized carbons (Fsp3) is 0.562. The van der Waals surface area contributed by atoms with Crippen LogP contribution in [0.2, 0.25) is 0 Å². The average molecular weight is 291 g/mol. The van der Waals surface area contributed by atoms with Gasteiger partial charge in [0, 0.05) is 20.1 Å². The predicted octanol–water partition coefficient (Wildman–Crippen LogP) is 2.10. The number of nitrogens with one attached hydrogen (secondary N) is 1. The number of benzene rings is 1. The normalized spacial score (nSPS) is 19.4. The molecule has 1 amide bonds. The molecule has 21 heavy (non-hydrogen) atoms. The number of nitrogen functional groups attached to an aromatic ring is 1. The van der Waals surface area contributed by atoms with Gasteiger partial charge < -0.3 is 20.7 Å². The van der Waals surface area contributed by atoms with Gasteiger partial charge in [0.1, 0.15) is 0 Å². The molecule has 0 spiro atoms. The molecule has 0 bridgehead atoms. The van der Waals surface area contributed by atoms with E-state index in [0.717, 1.165) is 32.5 Å². The number of rotatable bonds is 6. The average Bonchev–Trinajstić information content (AvgIpc) is 2.50. The maximum Gasteiger partial charge on any atom is 0.224 e. The number of ether oxygens (including phenoxy) is 1. The third-order valence-corrected chi connectivity index (χ3v) is 3.91. The second-order valence-electron chi connectivity index (χ2n) is 5.54. The van der Waals surface area contributed by atoms with Crippen LogP contribution in [-0.2, 0) is 9.53 Å². The summed E-state index contributed by atoms with van der Waals surface area (Å²) in [5.41, 5.74) is 7.10. The summed E-state index contributed by atoms with van der Waals surface area (Å²) < 4.78 is 5.41. The van der Waals surface area contributed by atoms with Gasteiger partial charge >= 0.3 is 0 Å². The Bertz CT molecular complexity index is 465. The number of likely N-dealkylation sites (tertiary alicyclic amines) is 1. The molecule has 1 saturated heterocycles. The minimum absolute atomic E-state index is 0.0215. The van der Waals surface area contributed by atoms with E-state index in [-0.39, 0.29) is 5.91 Å². The molecule has 1 fully saturated rings. The number of hydrogen-bond acceptors (Lipinski definition) is 4. The van der Waals surface area contributed by atoms with Crippen LogP contribution in [0.1, 0.15) is 25.7 Å². The number of piperidine rings is 1. The Kier molecular flexibility index (Phi) is 6.02. The first-order valence-electron chi connectivity index (χ1n) is 7.58. The minimum Gasteiger partial charge on any atom is -0.397 e. The molecule has 3 N–H and O–H groups in total. The van der Waals surface area contributed by atoms with Gasteiger partial charge in [-0.2, -0.15) is 0 Å². The topological polar surface area (TPSA) is 67.6 Å². The number of carbonyl (C=O) groups excluding carboxylic acids is 1. The van der Waals surface area contributed by atoms with Crippen molar-refractivity contribution in [3.63, 3.8) is 0 Å². The zero-order valence-electron chi connectivity index (χ0n) is 12.7.